The van der Waals surface area contributed by atoms with Gasteiger partial charge in [0.2, 0.25) is 0 Å². The highest BCUT2D eigenvalue weighted by atomic mass is 16.5. The lowest BCUT2D eigenvalue weighted by Crippen LogP contribution is -2.54. The van der Waals surface area contributed by atoms with Crippen molar-refractivity contribution in [3.63, 3.8) is 0 Å². The maximum atomic E-state index is 10.8. The molecule has 0 saturated carbocycles. The molecule has 0 aliphatic heterocycles. The minimum Gasteiger partial charge on any atom is -0.462 e. The highest BCUT2D eigenvalue weighted by Crippen LogP contribution is 2.10. The lowest BCUT2D eigenvalue weighted by Gasteiger charge is -2.03. The molecule has 3 nitrogen and oxygen atoms in total. The minimum absolute atomic E-state index is 0.180. The van der Waals surface area contributed by atoms with E-state index in [1.165, 1.54) is 57.8 Å². The van der Waals surface area contributed by atoms with Crippen LogP contribution in [0.2, 0.25) is 0 Å². The van der Waals surface area contributed by atoms with Crippen molar-refractivity contribution in [1.29, 1.82) is 0 Å². The quantitative estimate of drug-likeness (QED) is 0.424. The Kier molecular flexibility index (Phi) is 13.0. The van der Waals surface area contributed by atoms with E-state index in [0.717, 1.165) is 6.42 Å². The molecular formula is C14H30NO2+. The summed E-state index contributed by atoms with van der Waals surface area (Å²) in [7, 11) is 0. The van der Waals surface area contributed by atoms with E-state index in [-0.39, 0.29) is 12.5 Å². The van der Waals surface area contributed by atoms with Crippen molar-refractivity contribution >= 4 is 5.97 Å². The molecule has 0 spiro atoms. The number of esters is 1. The van der Waals surface area contributed by atoms with Crippen LogP contribution in [0.15, 0.2) is 0 Å². The van der Waals surface area contributed by atoms with Gasteiger partial charge in [0.15, 0.2) is 6.54 Å². The van der Waals surface area contributed by atoms with E-state index in [1.807, 2.05) is 0 Å². The van der Waals surface area contributed by atoms with Crippen LogP contribution >= 0.6 is 0 Å². The standard InChI is InChI=1S/C14H29NO2/c1-2-3-4-5-6-7-8-9-10-11-12-17-14(16)13-15/h2-13,15H2,1H3/p+1. The number of hydrogen-bond acceptors (Lipinski definition) is 2. The molecule has 0 amide bonds. The number of ether oxygens (including phenoxy) is 1. The third kappa shape index (κ3) is 13.4. The van der Waals surface area contributed by atoms with E-state index in [4.69, 9.17) is 4.74 Å². The second kappa shape index (κ2) is 13.5. The molecule has 17 heavy (non-hydrogen) atoms. The molecule has 0 radical (unpaired) electrons. The fourth-order valence-corrected chi connectivity index (χ4v) is 1.85. The summed E-state index contributed by atoms with van der Waals surface area (Å²) in [5.74, 6) is -0.180. The Morgan fingerprint density at radius 3 is 1.82 bits per heavy atom. The van der Waals surface area contributed by atoms with E-state index in [1.54, 1.807) is 0 Å². The molecule has 0 atom stereocenters. The molecule has 0 aromatic rings. The minimum atomic E-state index is -0.180. The van der Waals surface area contributed by atoms with Crippen molar-refractivity contribution < 1.29 is 15.3 Å². The zero-order valence-corrected chi connectivity index (χ0v) is 11.5. The first-order chi connectivity index (χ1) is 8.31. The van der Waals surface area contributed by atoms with Crippen LogP contribution in [0.5, 0.6) is 0 Å². The molecule has 0 fully saturated rings. The smallest absolute Gasteiger partial charge is 0.361 e. The van der Waals surface area contributed by atoms with Crippen LogP contribution in [-0.4, -0.2) is 19.1 Å². The van der Waals surface area contributed by atoms with Gasteiger partial charge in [0.1, 0.15) is 0 Å². The van der Waals surface area contributed by atoms with Gasteiger partial charge in [0.05, 0.1) is 6.61 Å². The largest absolute Gasteiger partial charge is 0.462 e. The number of unbranched alkanes of at least 4 members (excludes halogenated alkanes) is 9. The Balaban J connectivity index is 2.96. The van der Waals surface area contributed by atoms with Crippen molar-refractivity contribution in [3.8, 4) is 0 Å². The Morgan fingerprint density at radius 1 is 0.882 bits per heavy atom. The van der Waals surface area contributed by atoms with Gasteiger partial charge >= 0.3 is 5.97 Å². The molecule has 0 heterocycles. The Hall–Kier alpha value is -0.570. The molecule has 0 aromatic heterocycles. The van der Waals surface area contributed by atoms with Crippen molar-refractivity contribution in [1.82, 2.24) is 0 Å². The lowest BCUT2D eigenvalue weighted by molar-refractivity contribution is -0.359. The molecule has 0 unspecified atom stereocenters. The lowest BCUT2D eigenvalue weighted by atomic mass is 10.1. The molecular weight excluding hydrogens is 214 g/mol. The third-order valence-electron chi connectivity index (χ3n) is 2.97. The summed E-state index contributed by atoms with van der Waals surface area (Å²) in [6.07, 6.45) is 13.0. The Labute approximate surface area is 106 Å². The molecule has 0 aliphatic rings. The Morgan fingerprint density at radius 2 is 1.35 bits per heavy atom. The van der Waals surface area contributed by atoms with Gasteiger partial charge in [-0.2, -0.15) is 0 Å². The van der Waals surface area contributed by atoms with E-state index in [2.05, 4.69) is 12.7 Å². The normalized spacial score (nSPS) is 10.5. The maximum absolute atomic E-state index is 10.8. The molecule has 0 rings (SSSR count). The summed E-state index contributed by atoms with van der Waals surface area (Å²) in [6.45, 7) is 3.07. The fraction of sp³-hybridized carbons (Fsp3) is 0.929. The number of rotatable bonds is 12. The van der Waals surface area contributed by atoms with Gasteiger partial charge in [0.25, 0.3) is 0 Å². The molecule has 0 bridgehead atoms. The van der Waals surface area contributed by atoms with Gasteiger partial charge in [-0.25, -0.2) is 4.79 Å². The van der Waals surface area contributed by atoms with Crippen LogP contribution in [0, 0.1) is 0 Å². The Bertz CT molecular complexity index is 172. The van der Waals surface area contributed by atoms with Gasteiger partial charge in [-0.05, 0) is 6.42 Å². The molecule has 0 saturated heterocycles. The van der Waals surface area contributed by atoms with Crippen LogP contribution < -0.4 is 5.73 Å². The number of hydrogen-bond donors (Lipinski definition) is 1. The molecule has 0 aromatic carbocycles. The first kappa shape index (κ1) is 16.4. The highest BCUT2D eigenvalue weighted by Gasteiger charge is 1.99. The van der Waals surface area contributed by atoms with E-state index >= 15 is 0 Å². The van der Waals surface area contributed by atoms with Crippen LogP contribution in [0.3, 0.4) is 0 Å². The SMILES string of the molecule is CCCCCCCCCCCCOC(=O)C[NH3+]. The predicted octanol–water partition coefficient (Wildman–Crippen LogP) is 2.69. The second-order valence-corrected chi connectivity index (χ2v) is 4.65. The summed E-state index contributed by atoms with van der Waals surface area (Å²) in [5, 5.41) is 0. The molecule has 102 valence electrons. The average molecular weight is 244 g/mol. The fourth-order valence-electron chi connectivity index (χ4n) is 1.85. The molecule has 3 heteroatoms. The number of carbonyl (C=O) groups is 1. The van der Waals surface area contributed by atoms with Crippen LogP contribution in [0.4, 0.5) is 0 Å². The van der Waals surface area contributed by atoms with Crippen LogP contribution in [0.1, 0.15) is 71.1 Å². The second-order valence-electron chi connectivity index (χ2n) is 4.65. The van der Waals surface area contributed by atoms with Crippen molar-refractivity contribution in [2.24, 2.45) is 0 Å². The zero-order chi connectivity index (χ0) is 12.8. The zero-order valence-electron chi connectivity index (χ0n) is 11.5. The third-order valence-corrected chi connectivity index (χ3v) is 2.97. The molecule has 0 aliphatic carbocycles. The topological polar surface area (TPSA) is 53.9 Å². The monoisotopic (exact) mass is 244 g/mol. The summed E-state index contributed by atoms with van der Waals surface area (Å²) >= 11 is 0. The van der Waals surface area contributed by atoms with E-state index in [9.17, 15) is 4.79 Å². The van der Waals surface area contributed by atoms with Crippen LogP contribution in [0.25, 0.3) is 0 Å². The number of quaternary nitrogens is 1. The number of carbonyl (C=O) groups excluding carboxylic acids is 1. The van der Waals surface area contributed by atoms with Crippen LogP contribution in [-0.2, 0) is 9.53 Å². The van der Waals surface area contributed by atoms with Gasteiger partial charge in [-0.1, -0.05) is 64.7 Å². The average Bonchev–Trinajstić information content (AvgIpc) is 2.35. The van der Waals surface area contributed by atoms with E-state index < -0.39 is 0 Å². The maximum Gasteiger partial charge on any atom is 0.361 e. The first-order valence-corrected chi connectivity index (χ1v) is 7.26. The van der Waals surface area contributed by atoms with Crippen molar-refractivity contribution in [3.05, 3.63) is 0 Å². The van der Waals surface area contributed by atoms with E-state index in [0.29, 0.717) is 6.61 Å². The summed E-state index contributed by atoms with van der Waals surface area (Å²) in [6, 6.07) is 0. The van der Waals surface area contributed by atoms with Crippen molar-refractivity contribution in [2.75, 3.05) is 13.2 Å². The first-order valence-electron chi connectivity index (χ1n) is 7.26. The van der Waals surface area contributed by atoms with Gasteiger partial charge in [-0.15, -0.1) is 0 Å². The van der Waals surface area contributed by atoms with Gasteiger partial charge < -0.3 is 10.5 Å². The van der Waals surface area contributed by atoms with Crippen molar-refractivity contribution in [2.45, 2.75) is 71.1 Å². The predicted molar refractivity (Wildman–Crippen MR) is 70.6 cm³/mol. The molecule has 3 N–H and O–H groups in total. The summed E-state index contributed by atoms with van der Waals surface area (Å²) < 4.78 is 4.96. The summed E-state index contributed by atoms with van der Waals surface area (Å²) in [5.41, 5.74) is 3.48. The highest BCUT2D eigenvalue weighted by molar-refractivity contribution is 5.69. The van der Waals surface area contributed by atoms with Gasteiger partial charge in [0, 0.05) is 0 Å². The summed E-state index contributed by atoms with van der Waals surface area (Å²) in [4.78, 5) is 10.8. The van der Waals surface area contributed by atoms with Gasteiger partial charge in [-0.3, -0.25) is 0 Å².